The lowest BCUT2D eigenvalue weighted by Crippen LogP contribution is -2.37. The van der Waals surface area contributed by atoms with Crippen LogP contribution in [0.4, 0.5) is 0 Å². The molecule has 1 aromatic carbocycles. The molecule has 1 amide bonds. The fourth-order valence-corrected chi connectivity index (χ4v) is 1.60. The van der Waals surface area contributed by atoms with Gasteiger partial charge in [-0.05, 0) is 25.5 Å². The molecule has 1 rings (SSSR count). The summed E-state index contributed by atoms with van der Waals surface area (Å²) >= 11 is 0. The van der Waals surface area contributed by atoms with Crippen molar-refractivity contribution in [2.45, 2.75) is 19.4 Å². The second-order valence-electron chi connectivity index (χ2n) is 4.35. The number of nitrogens with one attached hydrogen (secondary N) is 1. The lowest BCUT2D eigenvalue weighted by Gasteiger charge is -2.15. The molecule has 0 heterocycles. The Labute approximate surface area is 124 Å². The average Bonchev–Trinajstić information content (AvgIpc) is 2.51. The SMILES string of the molecule is C[C@H](Oc1ccccc1C#N)C(=O)NCCCOCCO. The van der Waals surface area contributed by atoms with E-state index in [9.17, 15) is 4.79 Å². The second-order valence-corrected chi connectivity index (χ2v) is 4.35. The Morgan fingerprint density at radius 2 is 2.19 bits per heavy atom. The van der Waals surface area contributed by atoms with E-state index in [-0.39, 0.29) is 12.5 Å². The molecule has 1 atom stereocenters. The first-order valence-electron chi connectivity index (χ1n) is 6.81. The second kappa shape index (κ2) is 9.75. The number of carbonyl (C=O) groups is 1. The van der Waals surface area contributed by atoms with E-state index in [1.165, 1.54) is 0 Å². The topological polar surface area (TPSA) is 91.6 Å². The summed E-state index contributed by atoms with van der Waals surface area (Å²) in [4.78, 5) is 11.8. The highest BCUT2D eigenvalue weighted by atomic mass is 16.5. The Kier molecular flexibility index (Phi) is 7.87. The number of nitriles is 1. The summed E-state index contributed by atoms with van der Waals surface area (Å²) in [5, 5.41) is 20.2. The van der Waals surface area contributed by atoms with Crippen LogP contribution in [-0.4, -0.2) is 43.5 Å². The first kappa shape index (κ1) is 17.0. The zero-order valence-corrected chi connectivity index (χ0v) is 12.0. The van der Waals surface area contributed by atoms with Crippen LogP contribution in [0.1, 0.15) is 18.9 Å². The molecule has 0 radical (unpaired) electrons. The minimum atomic E-state index is -0.683. The number of benzene rings is 1. The fraction of sp³-hybridized carbons (Fsp3) is 0.467. The third kappa shape index (κ3) is 6.25. The maximum atomic E-state index is 11.8. The molecule has 0 spiro atoms. The molecule has 0 saturated heterocycles. The van der Waals surface area contributed by atoms with Gasteiger partial charge in [0.2, 0.25) is 0 Å². The molecule has 0 aliphatic rings. The molecular weight excluding hydrogens is 272 g/mol. The van der Waals surface area contributed by atoms with Crippen molar-refractivity contribution in [2.24, 2.45) is 0 Å². The lowest BCUT2D eigenvalue weighted by molar-refractivity contribution is -0.127. The van der Waals surface area contributed by atoms with Crippen molar-refractivity contribution in [3.05, 3.63) is 29.8 Å². The molecule has 2 N–H and O–H groups in total. The van der Waals surface area contributed by atoms with Gasteiger partial charge in [0.15, 0.2) is 6.10 Å². The molecule has 0 fully saturated rings. The van der Waals surface area contributed by atoms with Gasteiger partial charge in [-0.15, -0.1) is 0 Å². The van der Waals surface area contributed by atoms with Crippen molar-refractivity contribution in [3.63, 3.8) is 0 Å². The first-order chi connectivity index (χ1) is 10.2. The van der Waals surface area contributed by atoms with Crippen LogP contribution in [-0.2, 0) is 9.53 Å². The Hall–Kier alpha value is -2.10. The van der Waals surface area contributed by atoms with Crippen LogP contribution in [0.25, 0.3) is 0 Å². The molecule has 1 aromatic rings. The van der Waals surface area contributed by atoms with Crippen LogP contribution in [0.2, 0.25) is 0 Å². The van der Waals surface area contributed by atoms with Crippen LogP contribution < -0.4 is 10.1 Å². The van der Waals surface area contributed by atoms with Gasteiger partial charge in [0.1, 0.15) is 11.8 Å². The summed E-state index contributed by atoms with van der Waals surface area (Å²) in [6.45, 7) is 2.88. The van der Waals surface area contributed by atoms with E-state index in [0.29, 0.717) is 37.5 Å². The third-order valence-electron chi connectivity index (χ3n) is 2.68. The average molecular weight is 292 g/mol. The molecular formula is C15H20N2O4. The van der Waals surface area contributed by atoms with Gasteiger partial charge >= 0.3 is 0 Å². The van der Waals surface area contributed by atoms with E-state index >= 15 is 0 Å². The number of para-hydroxylation sites is 1. The summed E-state index contributed by atoms with van der Waals surface area (Å²) in [6, 6.07) is 8.80. The highest BCUT2D eigenvalue weighted by molar-refractivity contribution is 5.80. The summed E-state index contributed by atoms with van der Waals surface area (Å²) in [6.07, 6.45) is -0.0226. The Morgan fingerprint density at radius 3 is 2.90 bits per heavy atom. The fourth-order valence-electron chi connectivity index (χ4n) is 1.60. The summed E-state index contributed by atoms with van der Waals surface area (Å²) in [5.74, 6) is 0.152. The molecule has 0 saturated carbocycles. The van der Waals surface area contributed by atoms with Gasteiger partial charge in [-0.1, -0.05) is 12.1 Å². The van der Waals surface area contributed by atoms with E-state index in [0.717, 1.165) is 0 Å². The lowest BCUT2D eigenvalue weighted by atomic mass is 10.2. The van der Waals surface area contributed by atoms with Gasteiger partial charge in [0.25, 0.3) is 5.91 Å². The molecule has 6 nitrogen and oxygen atoms in total. The van der Waals surface area contributed by atoms with Gasteiger partial charge in [0, 0.05) is 13.2 Å². The molecule has 0 bridgehead atoms. The predicted molar refractivity (Wildman–Crippen MR) is 76.8 cm³/mol. The van der Waals surface area contributed by atoms with Crippen LogP contribution in [0.5, 0.6) is 5.75 Å². The van der Waals surface area contributed by atoms with Crippen molar-refractivity contribution in [2.75, 3.05) is 26.4 Å². The van der Waals surface area contributed by atoms with E-state index in [1.807, 2.05) is 6.07 Å². The number of hydrogen-bond donors (Lipinski definition) is 2. The normalized spacial score (nSPS) is 11.5. The number of aliphatic hydroxyl groups excluding tert-OH is 1. The number of hydrogen-bond acceptors (Lipinski definition) is 5. The smallest absolute Gasteiger partial charge is 0.260 e. The monoisotopic (exact) mass is 292 g/mol. The van der Waals surface area contributed by atoms with Crippen LogP contribution >= 0.6 is 0 Å². The quantitative estimate of drug-likeness (QED) is 0.658. The van der Waals surface area contributed by atoms with Gasteiger partial charge in [-0.2, -0.15) is 5.26 Å². The van der Waals surface area contributed by atoms with Gasteiger partial charge in [0.05, 0.1) is 18.8 Å². The van der Waals surface area contributed by atoms with E-state index in [4.69, 9.17) is 19.8 Å². The minimum Gasteiger partial charge on any atom is -0.480 e. The largest absolute Gasteiger partial charge is 0.480 e. The maximum Gasteiger partial charge on any atom is 0.260 e. The highest BCUT2D eigenvalue weighted by Gasteiger charge is 2.15. The molecule has 0 aromatic heterocycles. The Morgan fingerprint density at radius 1 is 1.43 bits per heavy atom. The zero-order chi connectivity index (χ0) is 15.5. The van der Waals surface area contributed by atoms with Crippen LogP contribution in [0, 0.1) is 11.3 Å². The van der Waals surface area contributed by atoms with Gasteiger partial charge in [-0.3, -0.25) is 4.79 Å². The van der Waals surface area contributed by atoms with Gasteiger partial charge < -0.3 is 19.9 Å². The van der Waals surface area contributed by atoms with E-state index in [1.54, 1.807) is 31.2 Å². The summed E-state index contributed by atoms with van der Waals surface area (Å²) in [5.41, 5.74) is 0.398. The van der Waals surface area contributed by atoms with Gasteiger partial charge in [-0.25, -0.2) is 0 Å². The molecule has 0 unspecified atom stereocenters. The minimum absolute atomic E-state index is 0.00443. The number of carbonyl (C=O) groups excluding carboxylic acids is 1. The van der Waals surface area contributed by atoms with E-state index < -0.39 is 6.10 Å². The Balaban J connectivity index is 2.33. The number of amides is 1. The number of ether oxygens (including phenoxy) is 2. The summed E-state index contributed by atoms with van der Waals surface area (Å²) in [7, 11) is 0. The van der Waals surface area contributed by atoms with Crippen LogP contribution in [0.3, 0.4) is 0 Å². The van der Waals surface area contributed by atoms with Crippen molar-refractivity contribution in [3.8, 4) is 11.8 Å². The maximum absolute atomic E-state index is 11.8. The first-order valence-corrected chi connectivity index (χ1v) is 6.81. The van der Waals surface area contributed by atoms with Crippen molar-refractivity contribution >= 4 is 5.91 Å². The molecule has 21 heavy (non-hydrogen) atoms. The van der Waals surface area contributed by atoms with Crippen molar-refractivity contribution in [1.29, 1.82) is 5.26 Å². The highest BCUT2D eigenvalue weighted by Crippen LogP contribution is 2.17. The molecule has 6 heteroatoms. The predicted octanol–water partition coefficient (Wildman–Crippen LogP) is 0.841. The molecule has 0 aliphatic carbocycles. The van der Waals surface area contributed by atoms with E-state index in [2.05, 4.69) is 5.32 Å². The Bertz CT molecular complexity index is 485. The molecule has 114 valence electrons. The number of rotatable bonds is 9. The standard InChI is InChI=1S/C15H20N2O4/c1-12(15(19)17-7-4-9-20-10-8-18)21-14-6-3-2-5-13(14)11-16/h2-3,5-6,12,18H,4,7-10H2,1H3,(H,17,19)/t12-/m0/s1. The molecule has 0 aliphatic heterocycles. The zero-order valence-electron chi connectivity index (χ0n) is 12.0. The number of aliphatic hydroxyl groups is 1. The third-order valence-corrected chi connectivity index (χ3v) is 2.68. The van der Waals surface area contributed by atoms with Crippen molar-refractivity contribution < 1.29 is 19.4 Å². The summed E-state index contributed by atoms with van der Waals surface area (Å²) < 4.78 is 10.6. The van der Waals surface area contributed by atoms with Crippen molar-refractivity contribution in [1.82, 2.24) is 5.32 Å². The number of nitrogens with zero attached hydrogens (tertiary/aromatic N) is 1. The van der Waals surface area contributed by atoms with Crippen LogP contribution in [0.15, 0.2) is 24.3 Å².